The van der Waals surface area contributed by atoms with Gasteiger partial charge in [-0.1, -0.05) is 42.5 Å². The van der Waals surface area contributed by atoms with Gasteiger partial charge in [-0.05, 0) is 41.5 Å². The van der Waals surface area contributed by atoms with Gasteiger partial charge in [-0.15, -0.1) is 0 Å². The number of amides is 1. The highest BCUT2D eigenvalue weighted by atomic mass is 19.1. The summed E-state index contributed by atoms with van der Waals surface area (Å²) in [6.07, 6.45) is 0.850. The van der Waals surface area contributed by atoms with Crippen molar-refractivity contribution in [2.45, 2.75) is 19.7 Å². The predicted molar refractivity (Wildman–Crippen MR) is 125 cm³/mol. The molecule has 0 bridgehead atoms. The number of nitrogens with two attached hydrogens (primary N) is 1. The molecular weight excluding hydrogens is 456 g/mol. The highest BCUT2D eigenvalue weighted by Crippen LogP contribution is 2.15. The molecule has 0 fully saturated rings. The molecule has 0 aliphatic rings. The van der Waals surface area contributed by atoms with Gasteiger partial charge >= 0.3 is 5.69 Å². The van der Waals surface area contributed by atoms with Crippen molar-refractivity contribution in [2.75, 3.05) is 0 Å². The van der Waals surface area contributed by atoms with Crippen molar-refractivity contribution in [3.63, 3.8) is 0 Å². The number of ether oxygens (including phenoxy) is 1. The maximum absolute atomic E-state index is 14.3. The minimum atomic E-state index is -1.11. The molecule has 0 saturated heterocycles. The summed E-state index contributed by atoms with van der Waals surface area (Å²) in [6, 6.07) is 19.2. The molecule has 4 rings (SSSR count). The molecular formula is C26H21F2N3O4. The fraction of sp³-hybridized carbons (Fsp3) is 0.115. The number of nitrogens with zero attached hydrogens (tertiary/aromatic N) is 2. The summed E-state index contributed by atoms with van der Waals surface area (Å²) in [7, 11) is 0. The van der Waals surface area contributed by atoms with Crippen LogP contribution in [0.4, 0.5) is 8.78 Å². The van der Waals surface area contributed by atoms with Crippen LogP contribution in [-0.4, -0.2) is 15.0 Å². The molecule has 0 aliphatic carbocycles. The third kappa shape index (κ3) is 5.52. The first-order chi connectivity index (χ1) is 16.8. The van der Waals surface area contributed by atoms with E-state index in [0.717, 1.165) is 16.3 Å². The van der Waals surface area contributed by atoms with Crippen molar-refractivity contribution in [1.29, 1.82) is 0 Å². The van der Waals surface area contributed by atoms with E-state index in [1.54, 1.807) is 54.6 Å². The Bertz CT molecular complexity index is 1480. The molecule has 35 heavy (non-hydrogen) atoms. The summed E-state index contributed by atoms with van der Waals surface area (Å²) in [5.41, 5.74) is 5.39. The van der Waals surface area contributed by atoms with Gasteiger partial charge in [0.05, 0.1) is 19.3 Å². The molecule has 178 valence electrons. The number of benzene rings is 3. The molecule has 0 radical (unpaired) electrons. The topological polar surface area (TPSA) is 96.3 Å². The zero-order chi connectivity index (χ0) is 24.9. The van der Waals surface area contributed by atoms with E-state index in [1.165, 1.54) is 18.2 Å². The summed E-state index contributed by atoms with van der Waals surface area (Å²) in [4.78, 5) is 36.2. The maximum atomic E-state index is 14.3. The van der Waals surface area contributed by atoms with E-state index in [1.807, 2.05) is 0 Å². The van der Waals surface area contributed by atoms with Crippen molar-refractivity contribution >= 4 is 5.91 Å². The van der Waals surface area contributed by atoms with Crippen LogP contribution in [0.5, 0.6) is 5.75 Å². The lowest BCUT2D eigenvalue weighted by Gasteiger charge is -2.12. The molecule has 0 aliphatic heterocycles. The Morgan fingerprint density at radius 3 is 2.14 bits per heavy atom. The number of halogens is 2. The van der Waals surface area contributed by atoms with Gasteiger partial charge in [-0.2, -0.15) is 4.39 Å². The van der Waals surface area contributed by atoms with Crippen molar-refractivity contribution in [3.8, 4) is 5.75 Å². The van der Waals surface area contributed by atoms with Gasteiger partial charge in [0, 0.05) is 11.1 Å². The Kier molecular flexibility index (Phi) is 6.86. The number of carbonyl (C=O) groups is 1. The second-order valence-electron chi connectivity index (χ2n) is 7.86. The lowest BCUT2D eigenvalue weighted by molar-refractivity contribution is 0.1000. The predicted octanol–water partition coefficient (Wildman–Crippen LogP) is 3.06. The molecule has 0 atom stereocenters. The second-order valence-corrected chi connectivity index (χ2v) is 7.86. The Hall–Kier alpha value is -4.53. The number of hydrogen-bond acceptors (Lipinski definition) is 4. The Morgan fingerprint density at radius 1 is 0.829 bits per heavy atom. The van der Waals surface area contributed by atoms with E-state index >= 15 is 0 Å². The van der Waals surface area contributed by atoms with E-state index in [0.29, 0.717) is 21.4 Å². The summed E-state index contributed by atoms with van der Waals surface area (Å²) in [5, 5.41) is 0. The van der Waals surface area contributed by atoms with Crippen molar-refractivity contribution in [1.82, 2.24) is 9.13 Å². The molecule has 9 heteroatoms. The molecule has 7 nitrogen and oxygen atoms in total. The molecule has 1 heterocycles. The van der Waals surface area contributed by atoms with Crippen LogP contribution in [0.15, 0.2) is 88.6 Å². The minimum Gasteiger partial charge on any atom is -0.489 e. The Balaban J connectivity index is 1.48. The number of hydrogen-bond donors (Lipinski definition) is 1. The summed E-state index contributed by atoms with van der Waals surface area (Å²) in [6.45, 7) is -0.110. The van der Waals surface area contributed by atoms with Gasteiger partial charge in [-0.3, -0.25) is 18.7 Å². The fourth-order valence-corrected chi connectivity index (χ4v) is 3.49. The molecule has 1 amide bonds. The first kappa shape index (κ1) is 23.6. The zero-order valence-corrected chi connectivity index (χ0v) is 18.5. The molecule has 0 spiro atoms. The summed E-state index contributed by atoms with van der Waals surface area (Å²) >= 11 is 0. The van der Waals surface area contributed by atoms with Crippen LogP contribution in [0, 0.1) is 11.6 Å². The first-order valence-electron chi connectivity index (χ1n) is 10.7. The molecule has 4 aromatic rings. The quantitative estimate of drug-likeness (QED) is 0.422. The smallest absolute Gasteiger partial charge is 0.331 e. The minimum absolute atomic E-state index is 0.00215. The monoisotopic (exact) mass is 477 g/mol. The fourth-order valence-electron chi connectivity index (χ4n) is 3.49. The highest BCUT2D eigenvalue weighted by molar-refractivity contribution is 5.92. The highest BCUT2D eigenvalue weighted by Gasteiger charge is 2.14. The second kappa shape index (κ2) is 10.2. The van der Waals surface area contributed by atoms with E-state index in [2.05, 4.69) is 0 Å². The van der Waals surface area contributed by atoms with E-state index < -0.39 is 28.8 Å². The van der Waals surface area contributed by atoms with Gasteiger partial charge < -0.3 is 10.5 Å². The van der Waals surface area contributed by atoms with Crippen LogP contribution >= 0.6 is 0 Å². The summed E-state index contributed by atoms with van der Waals surface area (Å²) < 4.78 is 35.8. The van der Waals surface area contributed by atoms with Gasteiger partial charge in [0.1, 0.15) is 18.2 Å². The Morgan fingerprint density at radius 2 is 1.49 bits per heavy atom. The third-order valence-corrected chi connectivity index (χ3v) is 5.40. The normalized spacial score (nSPS) is 10.8. The van der Waals surface area contributed by atoms with Crippen LogP contribution in [0.3, 0.4) is 0 Å². The number of rotatable bonds is 8. The number of aromatic nitrogens is 2. The number of primary amides is 1. The van der Waals surface area contributed by atoms with Crippen LogP contribution in [0.25, 0.3) is 0 Å². The average Bonchev–Trinajstić information content (AvgIpc) is 2.86. The van der Waals surface area contributed by atoms with Gasteiger partial charge in [0.2, 0.25) is 11.7 Å². The lowest BCUT2D eigenvalue weighted by atomic mass is 10.1. The molecule has 0 unspecified atom stereocenters. The van der Waals surface area contributed by atoms with Crippen LogP contribution < -0.4 is 21.7 Å². The van der Waals surface area contributed by atoms with Gasteiger partial charge in [0.25, 0.3) is 5.56 Å². The number of carbonyl (C=O) groups excluding carboxylic acids is 1. The van der Waals surface area contributed by atoms with Crippen molar-refractivity contribution in [3.05, 3.63) is 134 Å². The van der Waals surface area contributed by atoms with E-state index in [4.69, 9.17) is 10.5 Å². The Labute approximate surface area is 198 Å². The largest absolute Gasteiger partial charge is 0.489 e. The van der Waals surface area contributed by atoms with Crippen molar-refractivity contribution in [2.24, 2.45) is 5.73 Å². The maximum Gasteiger partial charge on any atom is 0.331 e. The van der Waals surface area contributed by atoms with Crippen molar-refractivity contribution < 1.29 is 18.3 Å². The average molecular weight is 477 g/mol. The molecule has 2 N–H and O–H groups in total. The van der Waals surface area contributed by atoms with E-state index in [-0.39, 0.29) is 25.3 Å². The SMILES string of the molecule is NC(=O)c1ccc(COc2ccc(Cn3cc(F)c(=O)n(Cc4ccccc4F)c3=O)cc2)cc1. The first-order valence-corrected chi connectivity index (χ1v) is 10.7. The molecule has 0 saturated carbocycles. The van der Waals surface area contributed by atoms with Crippen LogP contribution in [-0.2, 0) is 19.7 Å². The van der Waals surface area contributed by atoms with Gasteiger partial charge in [-0.25, -0.2) is 9.18 Å². The molecule has 3 aromatic carbocycles. The lowest BCUT2D eigenvalue weighted by Crippen LogP contribution is -2.41. The molecule has 1 aromatic heterocycles. The van der Waals surface area contributed by atoms with E-state index in [9.17, 15) is 23.2 Å². The third-order valence-electron chi connectivity index (χ3n) is 5.40. The van der Waals surface area contributed by atoms with Gasteiger partial charge in [0.15, 0.2) is 0 Å². The van der Waals surface area contributed by atoms with Crippen LogP contribution in [0.2, 0.25) is 0 Å². The summed E-state index contributed by atoms with van der Waals surface area (Å²) in [5.74, 6) is -1.64. The standard InChI is InChI=1S/C26H21F2N3O4/c27-22-4-2-1-3-20(22)14-31-25(33)23(28)15-30(26(31)34)13-17-7-11-21(12-8-17)35-16-18-5-9-19(10-6-18)24(29)32/h1-12,15H,13-14,16H2,(H2,29,32). The zero-order valence-electron chi connectivity index (χ0n) is 18.5. The van der Waals surface area contributed by atoms with Crippen LogP contribution in [0.1, 0.15) is 27.0 Å².